The van der Waals surface area contributed by atoms with Gasteiger partial charge in [-0.3, -0.25) is 4.18 Å². The summed E-state index contributed by atoms with van der Waals surface area (Å²) in [5, 5.41) is 8.69. The van der Waals surface area contributed by atoms with Crippen LogP contribution in [0, 0.1) is 6.92 Å². The van der Waals surface area contributed by atoms with Gasteiger partial charge in [-0.05, 0) is 19.1 Å². The summed E-state index contributed by atoms with van der Waals surface area (Å²) in [5.41, 5.74) is 0.839. The van der Waals surface area contributed by atoms with Crippen LogP contribution in [-0.2, 0) is 14.3 Å². The summed E-state index contributed by atoms with van der Waals surface area (Å²) in [6.07, 6.45) is -8.22. The average Bonchev–Trinajstić information content (AvgIpc) is 2.28. The lowest BCUT2D eigenvalue weighted by molar-refractivity contribution is -0.206. The Morgan fingerprint density at radius 3 is 2.26 bits per heavy atom. The summed E-state index contributed by atoms with van der Waals surface area (Å²) in [5.74, 6) is 0. The van der Waals surface area contributed by atoms with Gasteiger partial charge in [0.15, 0.2) is 6.10 Å². The molecule has 108 valence electrons. The summed E-state index contributed by atoms with van der Waals surface area (Å²) < 4.78 is 63.6. The Labute approximate surface area is 108 Å². The molecule has 0 aliphatic carbocycles. The minimum Gasteiger partial charge on any atom is -0.384 e. The average molecular weight is 298 g/mol. The zero-order valence-electron chi connectivity index (χ0n) is 10.0. The van der Waals surface area contributed by atoms with Crippen LogP contribution in [0.1, 0.15) is 12.0 Å². The number of aliphatic hydroxyl groups is 1. The normalized spacial score (nSPS) is 14.4. The molecule has 0 amide bonds. The molecule has 0 radical (unpaired) electrons. The third-order valence-electron chi connectivity index (χ3n) is 2.32. The number of rotatable bonds is 5. The van der Waals surface area contributed by atoms with Crippen LogP contribution in [0.25, 0.3) is 0 Å². The molecule has 0 spiro atoms. The zero-order chi connectivity index (χ0) is 14.7. The number of hydrogen-bond acceptors (Lipinski definition) is 4. The highest BCUT2D eigenvalue weighted by Gasteiger charge is 2.37. The van der Waals surface area contributed by atoms with E-state index in [2.05, 4.69) is 4.18 Å². The van der Waals surface area contributed by atoms with Crippen LogP contribution in [0.5, 0.6) is 0 Å². The first kappa shape index (κ1) is 15.9. The van der Waals surface area contributed by atoms with E-state index in [0.717, 1.165) is 5.56 Å². The topological polar surface area (TPSA) is 63.6 Å². The molecule has 1 aromatic rings. The fraction of sp³-hybridized carbons (Fsp3) is 0.455. The lowest BCUT2D eigenvalue weighted by atomic mass is 10.2. The highest BCUT2D eigenvalue weighted by molar-refractivity contribution is 7.86. The molecule has 0 fully saturated rings. The molecule has 1 N–H and O–H groups in total. The van der Waals surface area contributed by atoms with E-state index >= 15 is 0 Å². The molecule has 0 aliphatic rings. The first-order valence-corrected chi connectivity index (χ1v) is 6.74. The van der Waals surface area contributed by atoms with Gasteiger partial charge in [0, 0.05) is 6.42 Å². The fourth-order valence-corrected chi connectivity index (χ4v) is 2.13. The van der Waals surface area contributed by atoms with Crippen molar-refractivity contribution in [2.24, 2.45) is 0 Å². The molecule has 0 saturated carbocycles. The molecule has 0 saturated heterocycles. The molecular formula is C11H13F3O4S. The van der Waals surface area contributed by atoms with Crippen LogP contribution in [0.3, 0.4) is 0 Å². The van der Waals surface area contributed by atoms with E-state index in [9.17, 15) is 21.6 Å². The maximum atomic E-state index is 12.0. The van der Waals surface area contributed by atoms with Crippen LogP contribution in [-0.4, -0.2) is 32.4 Å². The van der Waals surface area contributed by atoms with Gasteiger partial charge in [0.2, 0.25) is 0 Å². The quantitative estimate of drug-likeness (QED) is 0.845. The monoisotopic (exact) mass is 298 g/mol. The van der Waals surface area contributed by atoms with E-state index in [0.29, 0.717) is 0 Å². The molecule has 0 heterocycles. The minimum atomic E-state index is -4.78. The second kappa shape index (κ2) is 5.89. The van der Waals surface area contributed by atoms with Crippen molar-refractivity contribution in [1.82, 2.24) is 0 Å². The maximum Gasteiger partial charge on any atom is 0.414 e. The van der Waals surface area contributed by atoms with Crippen molar-refractivity contribution in [2.75, 3.05) is 6.61 Å². The van der Waals surface area contributed by atoms with E-state index in [1.165, 1.54) is 12.1 Å². The molecule has 0 aliphatic heterocycles. The van der Waals surface area contributed by atoms with Crippen molar-refractivity contribution < 1.29 is 30.9 Å². The van der Waals surface area contributed by atoms with Gasteiger partial charge in [-0.25, -0.2) is 0 Å². The van der Waals surface area contributed by atoms with Gasteiger partial charge in [-0.2, -0.15) is 21.6 Å². The van der Waals surface area contributed by atoms with Gasteiger partial charge in [-0.1, -0.05) is 17.7 Å². The van der Waals surface area contributed by atoms with E-state index in [-0.39, 0.29) is 4.90 Å². The zero-order valence-corrected chi connectivity index (χ0v) is 10.8. The third kappa shape index (κ3) is 4.81. The Bertz CT molecular complexity index is 508. The third-order valence-corrected chi connectivity index (χ3v) is 3.64. The fourth-order valence-electron chi connectivity index (χ4n) is 1.21. The van der Waals surface area contributed by atoms with Crippen LogP contribution in [0.15, 0.2) is 29.2 Å². The summed E-state index contributed by atoms with van der Waals surface area (Å²) in [6, 6.07) is 5.68. The number of aryl methyl sites for hydroxylation is 1. The first-order valence-electron chi connectivity index (χ1n) is 5.34. The van der Waals surface area contributed by atoms with Crippen LogP contribution in [0.2, 0.25) is 0 Å². The van der Waals surface area contributed by atoms with Crippen LogP contribution < -0.4 is 0 Å². The molecule has 1 aromatic carbocycles. The van der Waals surface area contributed by atoms with Crippen molar-refractivity contribution in [2.45, 2.75) is 30.5 Å². The number of halogens is 3. The van der Waals surface area contributed by atoms with Crippen molar-refractivity contribution in [3.63, 3.8) is 0 Å². The van der Waals surface area contributed by atoms with E-state index in [1.807, 2.05) is 0 Å². The predicted octanol–water partition coefficient (Wildman–Crippen LogP) is 2.01. The summed E-state index contributed by atoms with van der Waals surface area (Å²) in [6.45, 7) is 1.02. The molecule has 8 heteroatoms. The smallest absolute Gasteiger partial charge is 0.384 e. The Morgan fingerprint density at radius 2 is 1.79 bits per heavy atom. The molecule has 1 unspecified atom stereocenters. The number of aliphatic hydroxyl groups excluding tert-OH is 1. The van der Waals surface area contributed by atoms with E-state index in [4.69, 9.17) is 5.11 Å². The summed E-state index contributed by atoms with van der Waals surface area (Å²) in [7, 11) is -4.10. The van der Waals surface area contributed by atoms with E-state index < -0.39 is 35.4 Å². The number of alkyl halides is 3. The highest BCUT2D eigenvalue weighted by atomic mass is 32.2. The van der Waals surface area contributed by atoms with Crippen LogP contribution in [0.4, 0.5) is 13.2 Å². The second-order valence-corrected chi connectivity index (χ2v) is 5.55. The minimum absolute atomic E-state index is 0.139. The summed E-state index contributed by atoms with van der Waals surface area (Å²) in [4.78, 5) is -0.139. The van der Waals surface area contributed by atoms with Crippen molar-refractivity contribution in [1.29, 1.82) is 0 Å². The first-order chi connectivity index (χ1) is 8.63. The van der Waals surface area contributed by atoms with Crippen molar-refractivity contribution in [3.05, 3.63) is 29.8 Å². The maximum absolute atomic E-state index is 12.0. The molecule has 0 bridgehead atoms. The highest BCUT2D eigenvalue weighted by Crippen LogP contribution is 2.22. The standard InChI is InChI=1S/C11H13F3O4S/c1-8-2-4-9(5-3-8)19(16,17)18-7-6-10(15)11(12,13)14/h2-5,10,15H,6-7H2,1H3. The van der Waals surface area contributed by atoms with Gasteiger partial charge >= 0.3 is 6.18 Å². The predicted molar refractivity (Wildman–Crippen MR) is 61.0 cm³/mol. The van der Waals surface area contributed by atoms with Crippen molar-refractivity contribution >= 4 is 10.1 Å². The lowest BCUT2D eigenvalue weighted by Crippen LogP contribution is -2.30. The van der Waals surface area contributed by atoms with Gasteiger partial charge in [0.05, 0.1) is 11.5 Å². The van der Waals surface area contributed by atoms with Gasteiger partial charge in [0.1, 0.15) is 0 Å². The van der Waals surface area contributed by atoms with E-state index in [1.54, 1.807) is 19.1 Å². The molecule has 1 atom stereocenters. The Balaban J connectivity index is 2.60. The number of hydrogen-bond donors (Lipinski definition) is 1. The molecular weight excluding hydrogens is 285 g/mol. The lowest BCUT2D eigenvalue weighted by Gasteiger charge is -2.14. The Hall–Kier alpha value is -1.12. The second-order valence-electron chi connectivity index (χ2n) is 3.94. The van der Waals surface area contributed by atoms with Gasteiger partial charge in [-0.15, -0.1) is 0 Å². The summed E-state index contributed by atoms with van der Waals surface area (Å²) >= 11 is 0. The Kier molecular flexibility index (Phi) is 4.94. The molecule has 19 heavy (non-hydrogen) atoms. The Morgan fingerprint density at radius 1 is 1.26 bits per heavy atom. The molecule has 4 nitrogen and oxygen atoms in total. The molecule has 0 aromatic heterocycles. The van der Waals surface area contributed by atoms with Crippen molar-refractivity contribution in [3.8, 4) is 0 Å². The SMILES string of the molecule is Cc1ccc(S(=O)(=O)OCCC(O)C(F)(F)F)cc1. The molecule has 1 rings (SSSR count). The number of benzene rings is 1. The van der Waals surface area contributed by atoms with Gasteiger partial charge < -0.3 is 5.11 Å². The van der Waals surface area contributed by atoms with Gasteiger partial charge in [0.25, 0.3) is 10.1 Å². The van der Waals surface area contributed by atoms with Crippen LogP contribution >= 0.6 is 0 Å². The largest absolute Gasteiger partial charge is 0.414 e.